The Balaban J connectivity index is 1.92. The number of carbonyl (C=O) groups is 1. The van der Waals surface area contributed by atoms with E-state index in [0.29, 0.717) is 18.6 Å². The van der Waals surface area contributed by atoms with Crippen LogP contribution in [0.1, 0.15) is 43.0 Å². The fraction of sp³-hybridized carbons (Fsp3) is 0.533. The topological polar surface area (TPSA) is 38.3 Å². The number of rotatable bonds is 5. The van der Waals surface area contributed by atoms with E-state index in [9.17, 15) is 4.79 Å². The van der Waals surface area contributed by atoms with Gasteiger partial charge in [-0.05, 0) is 43.5 Å². The van der Waals surface area contributed by atoms with E-state index >= 15 is 0 Å². The number of ketones is 1. The van der Waals surface area contributed by atoms with Crippen molar-refractivity contribution in [3.05, 3.63) is 29.8 Å². The van der Waals surface area contributed by atoms with E-state index in [1.165, 1.54) is 0 Å². The van der Waals surface area contributed by atoms with Crippen LogP contribution in [0.3, 0.4) is 0 Å². The molecule has 98 valence electrons. The SMILES string of the molecule is CCC(=O)c1ccc(NC2CCC(OC)C2)cc1. The van der Waals surface area contributed by atoms with E-state index in [4.69, 9.17) is 4.74 Å². The monoisotopic (exact) mass is 247 g/mol. The number of anilines is 1. The summed E-state index contributed by atoms with van der Waals surface area (Å²) in [5, 5.41) is 3.50. The zero-order valence-corrected chi connectivity index (χ0v) is 11.1. The first-order valence-electron chi connectivity index (χ1n) is 6.65. The standard InChI is InChI=1S/C15H21NO2/c1-3-15(17)11-4-6-12(7-5-11)16-13-8-9-14(10-13)18-2/h4-7,13-14,16H,3,8-10H2,1-2H3. The lowest BCUT2D eigenvalue weighted by Crippen LogP contribution is -2.17. The number of ether oxygens (including phenoxy) is 1. The zero-order chi connectivity index (χ0) is 13.0. The second kappa shape index (κ2) is 6.01. The summed E-state index contributed by atoms with van der Waals surface area (Å²) in [5.41, 5.74) is 1.88. The van der Waals surface area contributed by atoms with E-state index in [1.54, 1.807) is 7.11 Å². The molecule has 1 aromatic rings. The molecule has 0 aliphatic heterocycles. The number of hydrogen-bond acceptors (Lipinski definition) is 3. The minimum Gasteiger partial charge on any atom is -0.382 e. The summed E-state index contributed by atoms with van der Waals surface area (Å²) >= 11 is 0. The molecular weight excluding hydrogens is 226 g/mol. The maximum absolute atomic E-state index is 11.5. The number of benzene rings is 1. The lowest BCUT2D eigenvalue weighted by atomic mass is 10.1. The van der Waals surface area contributed by atoms with Gasteiger partial charge < -0.3 is 10.1 Å². The van der Waals surface area contributed by atoms with Gasteiger partial charge in [-0.3, -0.25) is 4.79 Å². The first kappa shape index (κ1) is 13.1. The van der Waals surface area contributed by atoms with Crippen LogP contribution in [0.2, 0.25) is 0 Å². The summed E-state index contributed by atoms with van der Waals surface area (Å²) in [4.78, 5) is 11.5. The molecule has 1 N–H and O–H groups in total. The molecule has 0 radical (unpaired) electrons. The number of nitrogens with one attached hydrogen (secondary N) is 1. The van der Waals surface area contributed by atoms with Gasteiger partial charge in [0.15, 0.2) is 5.78 Å². The van der Waals surface area contributed by atoms with Crippen molar-refractivity contribution in [2.75, 3.05) is 12.4 Å². The molecule has 0 bridgehead atoms. The first-order valence-corrected chi connectivity index (χ1v) is 6.65. The Kier molecular flexibility index (Phi) is 4.37. The first-order chi connectivity index (χ1) is 8.72. The lowest BCUT2D eigenvalue weighted by Gasteiger charge is -2.14. The highest BCUT2D eigenvalue weighted by Gasteiger charge is 2.24. The quantitative estimate of drug-likeness (QED) is 0.812. The minimum absolute atomic E-state index is 0.196. The van der Waals surface area contributed by atoms with Crippen LogP contribution in [0.4, 0.5) is 5.69 Å². The van der Waals surface area contributed by atoms with Crippen molar-refractivity contribution in [3.63, 3.8) is 0 Å². The normalized spacial score (nSPS) is 23.0. The summed E-state index contributed by atoms with van der Waals surface area (Å²) in [7, 11) is 1.78. The van der Waals surface area contributed by atoms with E-state index in [2.05, 4.69) is 5.32 Å². The van der Waals surface area contributed by atoms with Crippen molar-refractivity contribution in [1.82, 2.24) is 0 Å². The number of hydrogen-bond donors (Lipinski definition) is 1. The Bertz CT molecular complexity index is 399. The smallest absolute Gasteiger partial charge is 0.162 e. The summed E-state index contributed by atoms with van der Waals surface area (Å²) in [6.45, 7) is 1.89. The second-order valence-electron chi connectivity index (χ2n) is 4.87. The van der Waals surface area contributed by atoms with Crippen LogP contribution < -0.4 is 5.32 Å². The van der Waals surface area contributed by atoms with Crippen molar-refractivity contribution < 1.29 is 9.53 Å². The van der Waals surface area contributed by atoms with Crippen LogP contribution in [-0.4, -0.2) is 25.0 Å². The molecule has 1 saturated carbocycles. The lowest BCUT2D eigenvalue weighted by molar-refractivity contribution is 0.0988. The average molecular weight is 247 g/mol. The van der Waals surface area contributed by atoms with Crippen LogP contribution in [0, 0.1) is 0 Å². The number of carbonyl (C=O) groups excluding carboxylic acids is 1. The Labute approximate surface area is 109 Å². The molecular formula is C15H21NO2. The molecule has 0 spiro atoms. The summed E-state index contributed by atoms with van der Waals surface area (Å²) in [6.07, 6.45) is 4.29. The van der Waals surface area contributed by atoms with Crippen LogP contribution >= 0.6 is 0 Å². The molecule has 2 rings (SSSR count). The molecule has 0 amide bonds. The van der Waals surface area contributed by atoms with Gasteiger partial charge in [-0.25, -0.2) is 0 Å². The molecule has 18 heavy (non-hydrogen) atoms. The van der Waals surface area contributed by atoms with E-state index in [-0.39, 0.29) is 5.78 Å². The predicted octanol–water partition coefficient (Wildman–Crippen LogP) is 3.26. The van der Waals surface area contributed by atoms with Gasteiger partial charge in [0.2, 0.25) is 0 Å². The molecule has 0 saturated heterocycles. The highest BCUT2D eigenvalue weighted by atomic mass is 16.5. The third-order valence-corrected chi connectivity index (χ3v) is 3.62. The predicted molar refractivity (Wildman–Crippen MR) is 73.1 cm³/mol. The third-order valence-electron chi connectivity index (χ3n) is 3.62. The van der Waals surface area contributed by atoms with Gasteiger partial charge in [-0.1, -0.05) is 6.92 Å². The molecule has 1 aliphatic carbocycles. The maximum Gasteiger partial charge on any atom is 0.162 e. The fourth-order valence-electron chi connectivity index (χ4n) is 2.48. The van der Waals surface area contributed by atoms with Gasteiger partial charge >= 0.3 is 0 Å². The van der Waals surface area contributed by atoms with Gasteiger partial charge in [0, 0.05) is 30.8 Å². The van der Waals surface area contributed by atoms with Crippen molar-refractivity contribution in [2.24, 2.45) is 0 Å². The van der Waals surface area contributed by atoms with Crippen LogP contribution in [0.15, 0.2) is 24.3 Å². The van der Waals surface area contributed by atoms with Gasteiger partial charge in [0.05, 0.1) is 6.10 Å². The molecule has 0 aromatic heterocycles. The van der Waals surface area contributed by atoms with Gasteiger partial charge in [-0.2, -0.15) is 0 Å². The Morgan fingerprint density at radius 1 is 1.33 bits per heavy atom. The summed E-state index contributed by atoms with van der Waals surface area (Å²) in [6, 6.07) is 8.27. The molecule has 1 aromatic carbocycles. The molecule has 1 fully saturated rings. The highest BCUT2D eigenvalue weighted by Crippen LogP contribution is 2.25. The number of methoxy groups -OCH3 is 1. The zero-order valence-electron chi connectivity index (χ0n) is 11.1. The molecule has 3 heteroatoms. The van der Waals surface area contributed by atoms with Crippen LogP contribution in [0.25, 0.3) is 0 Å². The summed E-state index contributed by atoms with van der Waals surface area (Å²) < 4.78 is 5.36. The van der Waals surface area contributed by atoms with Gasteiger partial charge in [0.25, 0.3) is 0 Å². The van der Waals surface area contributed by atoms with Crippen LogP contribution in [0.5, 0.6) is 0 Å². The summed E-state index contributed by atoms with van der Waals surface area (Å²) in [5.74, 6) is 0.196. The van der Waals surface area contributed by atoms with E-state index in [1.807, 2.05) is 31.2 Å². The van der Waals surface area contributed by atoms with Crippen molar-refractivity contribution in [1.29, 1.82) is 0 Å². The van der Waals surface area contributed by atoms with E-state index < -0.39 is 0 Å². The molecule has 3 nitrogen and oxygen atoms in total. The Morgan fingerprint density at radius 2 is 2.06 bits per heavy atom. The highest BCUT2D eigenvalue weighted by molar-refractivity contribution is 5.96. The van der Waals surface area contributed by atoms with Gasteiger partial charge in [0.1, 0.15) is 0 Å². The van der Waals surface area contributed by atoms with Crippen molar-refractivity contribution in [2.45, 2.75) is 44.8 Å². The fourth-order valence-corrected chi connectivity index (χ4v) is 2.48. The molecule has 1 aliphatic rings. The Hall–Kier alpha value is -1.35. The minimum atomic E-state index is 0.196. The van der Waals surface area contributed by atoms with Crippen molar-refractivity contribution >= 4 is 11.5 Å². The second-order valence-corrected chi connectivity index (χ2v) is 4.87. The number of Topliss-reactive ketones (excluding diaryl/α,β-unsaturated/α-hetero) is 1. The van der Waals surface area contributed by atoms with Gasteiger partial charge in [-0.15, -0.1) is 0 Å². The third kappa shape index (κ3) is 3.10. The largest absolute Gasteiger partial charge is 0.382 e. The maximum atomic E-state index is 11.5. The average Bonchev–Trinajstić information content (AvgIpc) is 2.86. The van der Waals surface area contributed by atoms with E-state index in [0.717, 1.165) is 30.5 Å². The molecule has 0 heterocycles. The molecule has 2 unspecified atom stereocenters. The molecule has 2 atom stereocenters. The Morgan fingerprint density at radius 3 is 2.61 bits per heavy atom. The van der Waals surface area contributed by atoms with Crippen molar-refractivity contribution in [3.8, 4) is 0 Å². The van der Waals surface area contributed by atoms with Crippen LogP contribution in [-0.2, 0) is 4.74 Å².